The maximum atomic E-state index is 12.5. The average Bonchev–Trinajstić information content (AvgIpc) is 3.12. The van der Waals surface area contributed by atoms with E-state index in [0.29, 0.717) is 24.3 Å². The fourth-order valence-corrected chi connectivity index (χ4v) is 3.48. The first-order valence-electron chi connectivity index (χ1n) is 8.59. The number of nitrogens with zero attached hydrogens (tertiary/aromatic N) is 1. The highest BCUT2D eigenvalue weighted by Gasteiger charge is 2.26. The number of nitrogens with one attached hydrogen (secondary N) is 1. The molecule has 1 saturated heterocycles. The molecule has 2 aromatic rings. The fourth-order valence-electron chi connectivity index (χ4n) is 2.93. The van der Waals surface area contributed by atoms with Gasteiger partial charge in [-0.1, -0.05) is 24.3 Å². The normalized spacial score (nSPS) is 13.5. The van der Waals surface area contributed by atoms with Gasteiger partial charge in [-0.25, -0.2) is 4.79 Å². The molecule has 1 aliphatic rings. The topological polar surface area (TPSA) is 75.7 Å². The monoisotopic (exact) mass is 384 g/mol. The predicted octanol–water partition coefficient (Wildman–Crippen LogP) is 3.33. The summed E-state index contributed by atoms with van der Waals surface area (Å²) < 4.78 is 5.18. The molecule has 0 aliphatic carbocycles. The second kappa shape index (κ2) is 8.73. The summed E-state index contributed by atoms with van der Waals surface area (Å²) in [5, 5.41) is 2.74. The van der Waals surface area contributed by atoms with Crippen molar-refractivity contribution in [2.75, 3.05) is 29.6 Å². The molecule has 0 saturated carbocycles. The Balaban J connectivity index is 1.64. The molecule has 0 bridgehead atoms. The molecule has 140 valence electrons. The van der Waals surface area contributed by atoms with Gasteiger partial charge in [-0.2, -0.15) is 0 Å². The molecule has 27 heavy (non-hydrogen) atoms. The average molecular weight is 384 g/mol. The van der Waals surface area contributed by atoms with Crippen LogP contribution in [-0.4, -0.2) is 37.2 Å². The van der Waals surface area contributed by atoms with Gasteiger partial charge < -0.3 is 15.0 Å². The molecular weight excluding hydrogens is 364 g/mol. The molecule has 2 amide bonds. The number of ether oxygens (including phenoxy) is 1. The summed E-state index contributed by atoms with van der Waals surface area (Å²) in [4.78, 5) is 39.1. The van der Waals surface area contributed by atoms with Gasteiger partial charge in [-0.15, -0.1) is 11.8 Å². The summed E-state index contributed by atoms with van der Waals surface area (Å²) in [5.74, 6) is -1.06. The van der Waals surface area contributed by atoms with Crippen molar-refractivity contribution in [3.8, 4) is 0 Å². The largest absolute Gasteiger partial charge is 0.452 e. The summed E-state index contributed by atoms with van der Waals surface area (Å²) in [7, 11) is 0. The molecule has 0 spiro atoms. The van der Waals surface area contributed by atoms with Crippen LogP contribution in [0.5, 0.6) is 0 Å². The zero-order valence-corrected chi connectivity index (χ0v) is 15.8. The Morgan fingerprint density at radius 2 is 1.89 bits per heavy atom. The minimum Gasteiger partial charge on any atom is -0.452 e. The van der Waals surface area contributed by atoms with Gasteiger partial charge >= 0.3 is 5.97 Å². The Kier molecular flexibility index (Phi) is 6.13. The van der Waals surface area contributed by atoms with Crippen LogP contribution in [-0.2, 0) is 14.3 Å². The summed E-state index contributed by atoms with van der Waals surface area (Å²) >= 11 is 1.51. The van der Waals surface area contributed by atoms with E-state index in [2.05, 4.69) is 5.32 Å². The van der Waals surface area contributed by atoms with Crippen LogP contribution in [0.4, 0.5) is 11.4 Å². The second-order valence-electron chi connectivity index (χ2n) is 5.99. The SMILES string of the molecule is CSc1ccccc1NC(=O)COC(=O)c1ccccc1N1CCCC1=O. The van der Waals surface area contributed by atoms with E-state index in [-0.39, 0.29) is 11.5 Å². The summed E-state index contributed by atoms with van der Waals surface area (Å²) in [5.41, 5.74) is 1.48. The molecule has 0 radical (unpaired) electrons. The maximum absolute atomic E-state index is 12.5. The minimum atomic E-state index is -0.626. The zero-order chi connectivity index (χ0) is 19.2. The van der Waals surface area contributed by atoms with E-state index >= 15 is 0 Å². The molecule has 6 nitrogen and oxygen atoms in total. The summed E-state index contributed by atoms with van der Waals surface area (Å²) in [6.07, 6.45) is 3.15. The first-order chi connectivity index (χ1) is 13.1. The number of amides is 2. The van der Waals surface area contributed by atoms with E-state index in [0.717, 1.165) is 11.3 Å². The number of para-hydroxylation sites is 2. The lowest BCUT2D eigenvalue weighted by atomic mass is 10.1. The van der Waals surface area contributed by atoms with Gasteiger partial charge in [0.05, 0.1) is 16.9 Å². The summed E-state index contributed by atoms with van der Waals surface area (Å²) in [6.45, 7) is 0.179. The first-order valence-corrected chi connectivity index (χ1v) is 9.82. The number of hydrogen-bond acceptors (Lipinski definition) is 5. The highest BCUT2D eigenvalue weighted by atomic mass is 32.2. The van der Waals surface area contributed by atoms with E-state index in [1.165, 1.54) is 11.8 Å². The van der Waals surface area contributed by atoms with Crippen molar-refractivity contribution in [1.29, 1.82) is 0 Å². The first kappa shape index (κ1) is 19.0. The van der Waals surface area contributed by atoms with Crippen LogP contribution in [0.3, 0.4) is 0 Å². The molecule has 0 unspecified atom stereocenters. The Morgan fingerprint density at radius 1 is 1.15 bits per heavy atom. The van der Waals surface area contributed by atoms with Gasteiger partial charge in [0, 0.05) is 17.9 Å². The van der Waals surface area contributed by atoms with Gasteiger partial charge in [-0.05, 0) is 36.9 Å². The number of rotatable bonds is 6. The van der Waals surface area contributed by atoms with E-state index in [9.17, 15) is 14.4 Å². The van der Waals surface area contributed by atoms with Crippen LogP contribution < -0.4 is 10.2 Å². The minimum absolute atomic E-state index is 0.0123. The molecule has 1 aliphatic heterocycles. The van der Waals surface area contributed by atoms with Crippen molar-refractivity contribution in [1.82, 2.24) is 0 Å². The third-order valence-corrected chi connectivity index (χ3v) is 5.00. The predicted molar refractivity (Wildman–Crippen MR) is 105 cm³/mol. The number of esters is 1. The van der Waals surface area contributed by atoms with Gasteiger partial charge in [0.25, 0.3) is 5.91 Å². The third kappa shape index (κ3) is 4.49. The number of thioether (sulfide) groups is 1. The molecule has 2 aromatic carbocycles. The number of hydrogen-bond donors (Lipinski definition) is 1. The van der Waals surface area contributed by atoms with Gasteiger partial charge in [-0.3, -0.25) is 9.59 Å². The lowest BCUT2D eigenvalue weighted by Crippen LogP contribution is -2.27. The van der Waals surface area contributed by atoms with E-state index in [1.54, 1.807) is 35.2 Å². The molecule has 1 N–H and O–H groups in total. The van der Waals surface area contributed by atoms with E-state index in [1.807, 2.05) is 24.5 Å². The van der Waals surface area contributed by atoms with Crippen molar-refractivity contribution in [2.24, 2.45) is 0 Å². The van der Waals surface area contributed by atoms with Crippen molar-refractivity contribution in [2.45, 2.75) is 17.7 Å². The van der Waals surface area contributed by atoms with Crippen LogP contribution in [0.1, 0.15) is 23.2 Å². The van der Waals surface area contributed by atoms with Gasteiger partial charge in [0.1, 0.15) is 0 Å². The van der Waals surface area contributed by atoms with Crippen molar-refractivity contribution in [3.63, 3.8) is 0 Å². The molecule has 1 heterocycles. The van der Waals surface area contributed by atoms with Gasteiger partial charge in [0.15, 0.2) is 6.61 Å². The van der Waals surface area contributed by atoms with E-state index in [4.69, 9.17) is 4.74 Å². The molecule has 1 fully saturated rings. The number of carbonyl (C=O) groups is 3. The second-order valence-corrected chi connectivity index (χ2v) is 6.84. The fraction of sp³-hybridized carbons (Fsp3) is 0.250. The van der Waals surface area contributed by atoms with Crippen LogP contribution in [0.2, 0.25) is 0 Å². The number of benzene rings is 2. The van der Waals surface area contributed by atoms with E-state index < -0.39 is 18.5 Å². The third-order valence-electron chi connectivity index (χ3n) is 4.20. The van der Waals surface area contributed by atoms with Crippen LogP contribution >= 0.6 is 11.8 Å². The Hall–Kier alpha value is -2.80. The van der Waals surface area contributed by atoms with Crippen LogP contribution in [0.15, 0.2) is 53.4 Å². The Morgan fingerprint density at radius 3 is 2.63 bits per heavy atom. The molecule has 0 aromatic heterocycles. The summed E-state index contributed by atoms with van der Waals surface area (Å²) in [6, 6.07) is 14.2. The Bertz CT molecular complexity index is 869. The molecule has 0 atom stereocenters. The maximum Gasteiger partial charge on any atom is 0.340 e. The standard InChI is InChI=1S/C20H20N2O4S/c1-27-17-10-5-3-8-15(17)21-18(23)13-26-20(25)14-7-2-4-9-16(14)22-12-6-11-19(22)24/h2-5,7-10H,6,11-13H2,1H3,(H,21,23). The van der Waals surface area contributed by atoms with Crippen molar-refractivity contribution in [3.05, 3.63) is 54.1 Å². The van der Waals surface area contributed by atoms with Crippen molar-refractivity contribution < 1.29 is 19.1 Å². The lowest BCUT2D eigenvalue weighted by molar-refractivity contribution is -0.119. The highest BCUT2D eigenvalue weighted by Crippen LogP contribution is 2.26. The quantitative estimate of drug-likeness (QED) is 0.611. The lowest BCUT2D eigenvalue weighted by Gasteiger charge is -2.18. The molecule has 3 rings (SSSR count). The Labute approximate surface area is 161 Å². The van der Waals surface area contributed by atoms with Crippen LogP contribution in [0, 0.1) is 0 Å². The zero-order valence-electron chi connectivity index (χ0n) is 14.9. The number of carbonyl (C=O) groups excluding carboxylic acids is 3. The number of anilines is 2. The molecule has 7 heteroatoms. The molecular formula is C20H20N2O4S. The van der Waals surface area contributed by atoms with Crippen LogP contribution in [0.25, 0.3) is 0 Å². The van der Waals surface area contributed by atoms with Crippen molar-refractivity contribution >= 4 is 40.9 Å². The van der Waals surface area contributed by atoms with Gasteiger partial charge in [0.2, 0.25) is 5.91 Å². The highest BCUT2D eigenvalue weighted by molar-refractivity contribution is 7.98. The smallest absolute Gasteiger partial charge is 0.340 e.